The number of aliphatic carboxylic acids is 1. The van der Waals surface area contributed by atoms with Gasteiger partial charge in [0.15, 0.2) is 0 Å². The molecule has 0 aliphatic carbocycles. The van der Waals surface area contributed by atoms with Gasteiger partial charge in [-0.3, -0.25) is 0 Å². The summed E-state index contributed by atoms with van der Waals surface area (Å²) in [5, 5.41) is 19.9. The molecule has 0 radical (unpaired) electrons. The number of halogens is 1. The maximum atomic E-state index is 12.7. The van der Waals surface area contributed by atoms with Crippen molar-refractivity contribution >= 4 is 12.0 Å². The Morgan fingerprint density at radius 2 is 1.95 bits per heavy atom. The van der Waals surface area contributed by atoms with Gasteiger partial charge in [0.25, 0.3) is 0 Å². The van der Waals surface area contributed by atoms with Crippen molar-refractivity contribution in [2.24, 2.45) is 0 Å². The van der Waals surface area contributed by atoms with E-state index in [0.29, 0.717) is 0 Å². The van der Waals surface area contributed by atoms with Gasteiger partial charge < -0.3 is 20.4 Å². The van der Waals surface area contributed by atoms with Gasteiger partial charge in [0.05, 0.1) is 0 Å². The molecule has 20 heavy (non-hydrogen) atoms. The van der Waals surface area contributed by atoms with E-state index in [9.17, 15) is 14.0 Å². The van der Waals surface area contributed by atoms with Crippen molar-refractivity contribution in [3.05, 3.63) is 35.6 Å². The van der Waals surface area contributed by atoms with Gasteiger partial charge in [0.2, 0.25) is 0 Å². The van der Waals surface area contributed by atoms with Crippen molar-refractivity contribution in [1.29, 1.82) is 0 Å². The van der Waals surface area contributed by atoms with Crippen LogP contribution in [0.25, 0.3) is 0 Å². The molecule has 0 aromatic heterocycles. The average Bonchev–Trinajstić information content (AvgIpc) is 2.40. The molecule has 0 aliphatic rings. The van der Waals surface area contributed by atoms with E-state index in [1.807, 2.05) is 0 Å². The molecule has 6 nitrogen and oxygen atoms in total. The van der Waals surface area contributed by atoms with Gasteiger partial charge in [-0.15, -0.1) is 0 Å². The molecule has 0 heterocycles. The van der Waals surface area contributed by atoms with Crippen molar-refractivity contribution in [3.63, 3.8) is 0 Å². The predicted molar refractivity (Wildman–Crippen MR) is 69.5 cm³/mol. The second kappa shape index (κ2) is 7.44. The van der Waals surface area contributed by atoms with Crippen LogP contribution in [0.4, 0.5) is 9.18 Å². The number of benzene rings is 1. The zero-order valence-electron chi connectivity index (χ0n) is 11.0. The average molecular weight is 284 g/mol. The lowest BCUT2D eigenvalue weighted by Crippen LogP contribution is -2.46. The lowest BCUT2D eigenvalue weighted by molar-refractivity contribution is -0.139. The largest absolute Gasteiger partial charge is 0.480 e. The minimum absolute atomic E-state index is 0.0640. The van der Waals surface area contributed by atoms with Gasteiger partial charge >= 0.3 is 12.0 Å². The molecular weight excluding hydrogens is 267 g/mol. The predicted octanol–water partition coefficient (Wildman–Crippen LogP) is 0.803. The zero-order chi connectivity index (χ0) is 15.1. The standard InChI is InChI=1S/C13H17FN2O4/c1-16(8-9-2-4-10(14)5-3-9)13(20)15-11(6-7-17)12(18)19/h2-5,11,17H,6-8H2,1H3,(H,15,20)(H,18,19)/t11-/m1/s1. The number of carbonyl (C=O) groups is 2. The molecule has 3 N–H and O–H groups in total. The molecule has 1 aromatic carbocycles. The molecule has 0 aliphatic heterocycles. The number of urea groups is 1. The maximum absolute atomic E-state index is 12.7. The summed E-state index contributed by atoms with van der Waals surface area (Å²) in [6, 6.07) is 3.95. The molecule has 1 atom stereocenters. The molecule has 0 saturated heterocycles. The van der Waals surface area contributed by atoms with E-state index in [-0.39, 0.29) is 25.4 Å². The number of nitrogens with zero attached hydrogens (tertiary/aromatic N) is 1. The summed E-state index contributed by atoms with van der Waals surface area (Å²) in [4.78, 5) is 23.9. The summed E-state index contributed by atoms with van der Waals surface area (Å²) >= 11 is 0. The van der Waals surface area contributed by atoms with E-state index in [0.717, 1.165) is 5.56 Å². The summed E-state index contributed by atoms with van der Waals surface area (Å²) in [7, 11) is 1.50. The molecule has 2 amide bonds. The Bertz CT molecular complexity index is 464. The Labute approximate surface area is 115 Å². The molecule has 1 rings (SSSR count). The van der Waals surface area contributed by atoms with Crippen LogP contribution in [0.15, 0.2) is 24.3 Å². The molecule has 0 spiro atoms. The highest BCUT2D eigenvalue weighted by Gasteiger charge is 2.21. The second-order valence-corrected chi connectivity index (χ2v) is 4.34. The van der Waals surface area contributed by atoms with Crippen LogP contribution in [0.3, 0.4) is 0 Å². The number of amides is 2. The van der Waals surface area contributed by atoms with Gasteiger partial charge in [-0.25, -0.2) is 14.0 Å². The smallest absolute Gasteiger partial charge is 0.326 e. The second-order valence-electron chi connectivity index (χ2n) is 4.34. The third-order valence-electron chi connectivity index (χ3n) is 2.69. The third-order valence-corrected chi connectivity index (χ3v) is 2.69. The first-order valence-corrected chi connectivity index (χ1v) is 6.03. The Balaban J connectivity index is 2.57. The van der Waals surface area contributed by atoms with Crippen LogP contribution in [0.5, 0.6) is 0 Å². The highest BCUT2D eigenvalue weighted by atomic mass is 19.1. The summed E-state index contributed by atoms with van der Waals surface area (Å²) in [5.41, 5.74) is 0.720. The molecule has 0 saturated carbocycles. The molecule has 0 fully saturated rings. The first kappa shape index (κ1) is 15.9. The summed E-state index contributed by atoms with van der Waals surface area (Å²) in [5.74, 6) is -1.57. The van der Waals surface area contributed by atoms with Crippen molar-refractivity contribution in [3.8, 4) is 0 Å². The maximum Gasteiger partial charge on any atom is 0.326 e. The summed E-state index contributed by atoms with van der Waals surface area (Å²) < 4.78 is 12.7. The van der Waals surface area contributed by atoms with Crippen LogP contribution in [-0.4, -0.2) is 46.8 Å². The summed E-state index contributed by atoms with van der Waals surface area (Å²) in [6.07, 6.45) is -0.0640. The highest BCUT2D eigenvalue weighted by molar-refractivity contribution is 5.82. The van der Waals surface area contributed by atoms with E-state index >= 15 is 0 Å². The number of hydrogen-bond donors (Lipinski definition) is 3. The Morgan fingerprint density at radius 3 is 2.45 bits per heavy atom. The quantitative estimate of drug-likeness (QED) is 0.721. The SMILES string of the molecule is CN(Cc1ccc(F)cc1)C(=O)N[C@H](CCO)C(=O)O. The van der Waals surface area contributed by atoms with E-state index in [1.165, 1.54) is 24.1 Å². The van der Waals surface area contributed by atoms with E-state index in [2.05, 4.69) is 5.32 Å². The number of carbonyl (C=O) groups excluding carboxylic acids is 1. The number of nitrogens with one attached hydrogen (secondary N) is 1. The Morgan fingerprint density at radius 1 is 1.35 bits per heavy atom. The fourth-order valence-electron chi connectivity index (χ4n) is 1.58. The highest BCUT2D eigenvalue weighted by Crippen LogP contribution is 2.06. The van der Waals surface area contributed by atoms with Gasteiger partial charge in [-0.2, -0.15) is 0 Å². The van der Waals surface area contributed by atoms with Gasteiger partial charge in [0, 0.05) is 26.6 Å². The van der Waals surface area contributed by atoms with Crippen LogP contribution < -0.4 is 5.32 Å². The van der Waals surface area contributed by atoms with Crippen LogP contribution in [-0.2, 0) is 11.3 Å². The molecular formula is C13H17FN2O4. The molecule has 7 heteroatoms. The number of rotatable bonds is 6. The monoisotopic (exact) mass is 284 g/mol. The molecule has 0 bridgehead atoms. The van der Waals surface area contributed by atoms with Crippen molar-refractivity contribution < 1.29 is 24.2 Å². The van der Waals surface area contributed by atoms with E-state index in [4.69, 9.17) is 10.2 Å². The normalized spacial score (nSPS) is 11.8. The fraction of sp³-hybridized carbons (Fsp3) is 0.385. The van der Waals surface area contributed by atoms with E-state index < -0.39 is 18.0 Å². The summed E-state index contributed by atoms with van der Waals surface area (Å²) in [6.45, 7) is -0.115. The number of aliphatic hydroxyl groups is 1. The van der Waals surface area contributed by atoms with Gasteiger partial charge in [0.1, 0.15) is 11.9 Å². The van der Waals surface area contributed by atoms with Crippen molar-refractivity contribution in [2.45, 2.75) is 19.0 Å². The van der Waals surface area contributed by atoms with Crippen LogP contribution in [0.1, 0.15) is 12.0 Å². The first-order chi connectivity index (χ1) is 9.43. The molecule has 0 unspecified atom stereocenters. The lowest BCUT2D eigenvalue weighted by Gasteiger charge is -2.21. The minimum atomic E-state index is -1.21. The van der Waals surface area contributed by atoms with Crippen LogP contribution >= 0.6 is 0 Å². The number of carboxylic acids is 1. The fourth-order valence-corrected chi connectivity index (χ4v) is 1.58. The lowest BCUT2D eigenvalue weighted by atomic mass is 10.2. The van der Waals surface area contributed by atoms with Crippen molar-refractivity contribution in [1.82, 2.24) is 10.2 Å². The van der Waals surface area contributed by atoms with Crippen LogP contribution in [0, 0.1) is 5.82 Å². The van der Waals surface area contributed by atoms with E-state index in [1.54, 1.807) is 12.1 Å². The van der Waals surface area contributed by atoms with Crippen LogP contribution in [0.2, 0.25) is 0 Å². The third kappa shape index (κ3) is 4.85. The molecule has 1 aromatic rings. The first-order valence-electron chi connectivity index (χ1n) is 6.03. The zero-order valence-corrected chi connectivity index (χ0v) is 11.0. The number of aliphatic hydroxyl groups excluding tert-OH is 1. The Hall–Kier alpha value is -2.15. The minimum Gasteiger partial charge on any atom is -0.480 e. The van der Waals surface area contributed by atoms with Gasteiger partial charge in [-0.05, 0) is 17.7 Å². The molecule has 110 valence electrons. The Kier molecular flexibility index (Phi) is 5.92. The number of carboxylic acid groups (broad SMARTS) is 1. The number of hydrogen-bond acceptors (Lipinski definition) is 3. The van der Waals surface area contributed by atoms with Gasteiger partial charge in [-0.1, -0.05) is 12.1 Å². The topological polar surface area (TPSA) is 89.9 Å². The van der Waals surface area contributed by atoms with Crippen molar-refractivity contribution in [2.75, 3.05) is 13.7 Å².